The molecule has 0 heterocycles. The minimum atomic E-state index is -0.295. The highest BCUT2D eigenvalue weighted by Gasteiger charge is 2.27. The molecule has 0 bridgehead atoms. The van der Waals surface area contributed by atoms with Gasteiger partial charge in [0, 0.05) is 12.5 Å². The van der Waals surface area contributed by atoms with Crippen molar-refractivity contribution < 1.29 is 14.3 Å². The van der Waals surface area contributed by atoms with Crippen LogP contribution in [0.4, 0.5) is 0 Å². The van der Waals surface area contributed by atoms with Gasteiger partial charge in [0.05, 0.1) is 6.61 Å². The summed E-state index contributed by atoms with van der Waals surface area (Å²) >= 11 is 0. The smallest absolute Gasteiger partial charge is 0.325 e. The molecular formula is C12H21NO3. The first kappa shape index (κ1) is 13.0. The van der Waals surface area contributed by atoms with E-state index in [1.165, 1.54) is 0 Å². The van der Waals surface area contributed by atoms with E-state index in [0.717, 1.165) is 25.7 Å². The number of hydrogen-bond donors (Lipinski definition) is 0. The molecule has 16 heavy (non-hydrogen) atoms. The van der Waals surface area contributed by atoms with Crippen LogP contribution < -0.4 is 0 Å². The minimum Gasteiger partial charge on any atom is -0.465 e. The highest BCUT2D eigenvalue weighted by molar-refractivity contribution is 5.82. The Bertz CT molecular complexity index is 247. The van der Waals surface area contributed by atoms with E-state index < -0.39 is 0 Å². The van der Waals surface area contributed by atoms with E-state index >= 15 is 0 Å². The number of ether oxygens (including phenoxy) is 1. The Morgan fingerprint density at radius 2 is 1.88 bits per heavy atom. The van der Waals surface area contributed by atoms with Crippen molar-refractivity contribution in [1.82, 2.24) is 4.90 Å². The van der Waals surface area contributed by atoms with E-state index in [1.807, 2.05) is 6.92 Å². The average molecular weight is 227 g/mol. The van der Waals surface area contributed by atoms with Crippen molar-refractivity contribution in [1.29, 1.82) is 0 Å². The molecule has 4 heteroatoms. The molecule has 0 N–H and O–H groups in total. The topological polar surface area (TPSA) is 46.6 Å². The summed E-state index contributed by atoms with van der Waals surface area (Å²) in [5, 5.41) is 0. The van der Waals surface area contributed by atoms with Gasteiger partial charge in [0.1, 0.15) is 6.54 Å². The Balaban J connectivity index is 2.56. The summed E-state index contributed by atoms with van der Waals surface area (Å²) in [7, 11) is 0. The number of nitrogens with zero attached hydrogens (tertiary/aromatic N) is 1. The number of rotatable bonds is 5. The van der Waals surface area contributed by atoms with Crippen LogP contribution in [0.2, 0.25) is 0 Å². The largest absolute Gasteiger partial charge is 0.465 e. The number of amides is 1. The normalized spacial score (nSPS) is 16.1. The molecule has 1 aliphatic rings. The van der Waals surface area contributed by atoms with Gasteiger partial charge in [-0.1, -0.05) is 19.8 Å². The molecule has 4 nitrogen and oxygen atoms in total. The summed E-state index contributed by atoms with van der Waals surface area (Å²) in [5.41, 5.74) is 0. The SMILES string of the molecule is CCOC(=O)CN(C(=O)CC)C1CCCC1. The molecule has 0 atom stereocenters. The van der Waals surface area contributed by atoms with Crippen LogP contribution in [0.5, 0.6) is 0 Å². The van der Waals surface area contributed by atoms with Crippen LogP contribution >= 0.6 is 0 Å². The molecule has 1 aliphatic carbocycles. The lowest BCUT2D eigenvalue weighted by Crippen LogP contribution is -2.42. The number of esters is 1. The van der Waals surface area contributed by atoms with Crippen LogP contribution in [-0.4, -0.2) is 36.0 Å². The molecule has 1 saturated carbocycles. The van der Waals surface area contributed by atoms with Crippen molar-refractivity contribution in [3.05, 3.63) is 0 Å². The maximum absolute atomic E-state index is 11.8. The first-order chi connectivity index (χ1) is 7.69. The molecule has 0 aromatic carbocycles. The molecule has 0 aromatic heterocycles. The van der Waals surface area contributed by atoms with E-state index in [0.29, 0.717) is 13.0 Å². The summed E-state index contributed by atoms with van der Waals surface area (Å²) in [4.78, 5) is 24.9. The van der Waals surface area contributed by atoms with Gasteiger partial charge in [-0.25, -0.2) is 0 Å². The van der Waals surface area contributed by atoms with Crippen molar-refractivity contribution in [3.8, 4) is 0 Å². The molecule has 0 radical (unpaired) electrons. The third-order valence-corrected chi connectivity index (χ3v) is 2.99. The zero-order valence-electron chi connectivity index (χ0n) is 10.2. The van der Waals surface area contributed by atoms with Crippen LogP contribution in [0, 0.1) is 0 Å². The zero-order chi connectivity index (χ0) is 12.0. The van der Waals surface area contributed by atoms with Gasteiger partial charge in [0.25, 0.3) is 0 Å². The summed E-state index contributed by atoms with van der Waals surface area (Å²) in [6.45, 7) is 4.09. The van der Waals surface area contributed by atoms with Gasteiger partial charge in [-0.15, -0.1) is 0 Å². The second-order valence-corrected chi connectivity index (χ2v) is 4.12. The van der Waals surface area contributed by atoms with Gasteiger partial charge in [-0.3, -0.25) is 9.59 Å². The Hall–Kier alpha value is -1.06. The monoisotopic (exact) mass is 227 g/mol. The van der Waals surface area contributed by atoms with Gasteiger partial charge in [-0.2, -0.15) is 0 Å². The van der Waals surface area contributed by atoms with Crippen molar-refractivity contribution in [2.45, 2.75) is 52.0 Å². The minimum absolute atomic E-state index is 0.0555. The van der Waals surface area contributed by atoms with Crippen molar-refractivity contribution in [2.24, 2.45) is 0 Å². The Morgan fingerprint density at radius 1 is 1.25 bits per heavy atom. The molecule has 1 amide bonds. The summed E-state index contributed by atoms with van der Waals surface area (Å²) < 4.78 is 4.89. The Labute approximate surface area is 96.9 Å². The number of carbonyl (C=O) groups excluding carboxylic acids is 2. The van der Waals surface area contributed by atoms with Crippen LogP contribution in [0.15, 0.2) is 0 Å². The van der Waals surface area contributed by atoms with E-state index in [2.05, 4.69) is 0 Å². The van der Waals surface area contributed by atoms with Crippen molar-refractivity contribution >= 4 is 11.9 Å². The molecule has 0 aliphatic heterocycles. The fourth-order valence-corrected chi connectivity index (χ4v) is 2.19. The summed E-state index contributed by atoms with van der Waals surface area (Å²) in [6, 6.07) is 0.247. The fourth-order valence-electron chi connectivity index (χ4n) is 2.19. The quantitative estimate of drug-likeness (QED) is 0.672. The van der Waals surface area contributed by atoms with E-state index in [1.54, 1.807) is 11.8 Å². The zero-order valence-corrected chi connectivity index (χ0v) is 10.2. The van der Waals surface area contributed by atoms with Crippen molar-refractivity contribution in [3.63, 3.8) is 0 Å². The molecule has 0 aromatic rings. The molecular weight excluding hydrogens is 206 g/mol. The molecule has 1 fully saturated rings. The van der Waals surface area contributed by atoms with Crippen LogP contribution in [0.1, 0.15) is 46.0 Å². The van der Waals surface area contributed by atoms with E-state index in [-0.39, 0.29) is 24.5 Å². The molecule has 0 saturated heterocycles. The number of hydrogen-bond acceptors (Lipinski definition) is 3. The van der Waals surface area contributed by atoms with Crippen LogP contribution in [0.25, 0.3) is 0 Å². The molecule has 1 rings (SSSR count). The maximum Gasteiger partial charge on any atom is 0.325 e. The van der Waals surface area contributed by atoms with Crippen LogP contribution in [0.3, 0.4) is 0 Å². The molecule has 0 unspecified atom stereocenters. The predicted molar refractivity (Wildman–Crippen MR) is 60.9 cm³/mol. The second kappa shape index (κ2) is 6.51. The molecule has 92 valence electrons. The Kier molecular flexibility index (Phi) is 5.29. The summed E-state index contributed by atoms with van der Waals surface area (Å²) in [5.74, 6) is -0.240. The summed E-state index contributed by atoms with van der Waals surface area (Å²) in [6.07, 6.45) is 4.80. The standard InChI is InChI=1S/C12H21NO3/c1-3-11(14)13(9-12(15)16-4-2)10-7-5-6-8-10/h10H,3-9H2,1-2H3. The van der Waals surface area contributed by atoms with E-state index in [4.69, 9.17) is 4.74 Å². The lowest BCUT2D eigenvalue weighted by atomic mass is 10.2. The van der Waals surface area contributed by atoms with E-state index in [9.17, 15) is 9.59 Å². The van der Waals surface area contributed by atoms with Gasteiger partial charge in [0.2, 0.25) is 5.91 Å². The third-order valence-electron chi connectivity index (χ3n) is 2.99. The number of carbonyl (C=O) groups is 2. The van der Waals surface area contributed by atoms with Gasteiger partial charge in [-0.05, 0) is 19.8 Å². The highest BCUT2D eigenvalue weighted by atomic mass is 16.5. The average Bonchev–Trinajstić information content (AvgIpc) is 2.78. The van der Waals surface area contributed by atoms with Gasteiger partial charge in [0.15, 0.2) is 0 Å². The lowest BCUT2D eigenvalue weighted by molar-refractivity contribution is -0.150. The molecule has 0 spiro atoms. The Morgan fingerprint density at radius 3 is 2.38 bits per heavy atom. The van der Waals surface area contributed by atoms with Crippen LogP contribution in [-0.2, 0) is 14.3 Å². The first-order valence-electron chi connectivity index (χ1n) is 6.14. The fraction of sp³-hybridized carbons (Fsp3) is 0.833. The lowest BCUT2D eigenvalue weighted by Gasteiger charge is -2.27. The third kappa shape index (κ3) is 3.51. The van der Waals surface area contributed by atoms with Gasteiger partial charge >= 0.3 is 5.97 Å². The first-order valence-corrected chi connectivity index (χ1v) is 6.14. The predicted octanol–water partition coefficient (Wildman–Crippen LogP) is 1.73. The second-order valence-electron chi connectivity index (χ2n) is 4.12. The highest BCUT2D eigenvalue weighted by Crippen LogP contribution is 2.23. The van der Waals surface area contributed by atoms with Crippen molar-refractivity contribution in [2.75, 3.05) is 13.2 Å². The maximum atomic E-state index is 11.8. The van der Waals surface area contributed by atoms with Gasteiger partial charge < -0.3 is 9.64 Å².